The van der Waals surface area contributed by atoms with Gasteiger partial charge in [0.15, 0.2) is 0 Å². The summed E-state index contributed by atoms with van der Waals surface area (Å²) < 4.78 is 0. The fraction of sp³-hybridized carbons (Fsp3) is 0.500. The third kappa shape index (κ3) is 6.22. The van der Waals surface area contributed by atoms with Crippen LogP contribution in [0.1, 0.15) is 57.9 Å². The van der Waals surface area contributed by atoms with Gasteiger partial charge in [-0.3, -0.25) is 14.6 Å². The van der Waals surface area contributed by atoms with Crippen LogP contribution in [-0.2, 0) is 9.59 Å². The predicted octanol–water partition coefficient (Wildman–Crippen LogP) is 3.26. The Labute approximate surface area is 138 Å². The smallest absolute Gasteiger partial charge is 0.262 e. The van der Waals surface area contributed by atoms with E-state index in [9.17, 15) is 9.59 Å². The molecule has 0 saturated heterocycles. The molecule has 1 unspecified atom stereocenters. The molecule has 0 aliphatic heterocycles. The molecule has 0 heterocycles. The molecule has 0 spiro atoms. The minimum atomic E-state index is -0.462. The van der Waals surface area contributed by atoms with Crippen molar-refractivity contribution in [3.05, 3.63) is 29.8 Å². The second-order valence-electron chi connectivity index (χ2n) is 5.62. The van der Waals surface area contributed by atoms with Crippen molar-refractivity contribution in [2.24, 2.45) is 10.7 Å². The monoisotopic (exact) mass is 317 g/mol. The molecule has 2 amide bonds. The van der Waals surface area contributed by atoms with Gasteiger partial charge >= 0.3 is 0 Å². The number of rotatable bonds is 9. The van der Waals surface area contributed by atoms with Crippen LogP contribution in [0.15, 0.2) is 29.3 Å². The maximum atomic E-state index is 11.7. The van der Waals surface area contributed by atoms with Crippen molar-refractivity contribution in [1.29, 1.82) is 0 Å². The van der Waals surface area contributed by atoms with E-state index in [-0.39, 0.29) is 11.8 Å². The number of amides is 2. The zero-order valence-corrected chi connectivity index (χ0v) is 14.3. The fourth-order valence-corrected chi connectivity index (χ4v) is 2.48. The third-order valence-corrected chi connectivity index (χ3v) is 3.74. The van der Waals surface area contributed by atoms with Gasteiger partial charge in [0.05, 0.1) is 5.71 Å². The van der Waals surface area contributed by atoms with Gasteiger partial charge in [0.2, 0.25) is 5.91 Å². The van der Waals surface area contributed by atoms with Crippen molar-refractivity contribution in [3.8, 4) is 0 Å². The van der Waals surface area contributed by atoms with Gasteiger partial charge in [0.25, 0.3) is 5.91 Å². The summed E-state index contributed by atoms with van der Waals surface area (Å²) in [5.74, 6) is -0.485. The molecule has 1 atom stereocenters. The largest absolute Gasteiger partial charge is 0.365 e. The van der Waals surface area contributed by atoms with Crippen LogP contribution in [0.4, 0.5) is 5.69 Å². The van der Waals surface area contributed by atoms with Crippen LogP contribution in [0.5, 0.6) is 0 Å². The molecule has 0 bridgehead atoms. The maximum absolute atomic E-state index is 11.7. The lowest BCUT2D eigenvalue weighted by Gasteiger charge is -2.19. The van der Waals surface area contributed by atoms with Gasteiger partial charge in [0.1, 0.15) is 0 Å². The fourth-order valence-electron chi connectivity index (χ4n) is 2.48. The zero-order valence-electron chi connectivity index (χ0n) is 14.3. The zero-order chi connectivity index (χ0) is 17.2. The Morgan fingerprint density at radius 1 is 1.26 bits per heavy atom. The summed E-state index contributed by atoms with van der Waals surface area (Å²) in [6.45, 7) is 6.25. The number of nitrogens with one attached hydrogen (secondary N) is 1. The average molecular weight is 317 g/mol. The van der Waals surface area contributed by atoms with E-state index < -0.39 is 5.91 Å². The van der Waals surface area contributed by atoms with E-state index in [1.165, 1.54) is 6.92 Å². The highest BCUT2D eigenvalue weighted by molar-refractivity contribution is 6.38. The van der Waals surface area contributed by atoms with Crippen LogP contribution >= 0.6 is 0 Å². The van der Waals surface area contributed by atoms with Crippen molar-refractivity contribution >= 4 is 23.2 Å². The van der Waals surface area contributed by atoms with Crippen LogP contribution in [0, 0.1) is 0 Å². The Morgan fingerprint density at radius 3 is 2.52 bits per heavy atom. The number of aliphatic imine (C=N–C) groups is 1. The lowest BCUT2D eigenvalue weighted by molar-refractivity contribution is -0.114. The molecule has 0 aliphatic carbocycles. The number of benzene rings is 1. The molecule has 0 fully saturated rings. The molecule has 1 aromatic rings. The second kappa shape index (κ2) is 9.77. The van der Waals surface area contributed by atoms with E-state index in [0.29, 0.717) is 18.7 Å². The van der Waals surface area contributed by atoms with Gasteiger partial charge in [0, 0.05) is 25.6 Å². The van der Waals surface area contributed by atoms with Crippen LogP contribution in [-0.4, -0.2) is 24.1 Å². The van der Waals surface area contributed by atoms with Crippen molar-refractivity contribution in [2.45, 2.75) is 52.4 Å². The predicted molar refractivity (Wildman–Crippen MR) is 94.8 cm³/mol. The maximum Gasteiger partial charge on any atom is 0.262 e. The normalized spacial score (nSPS) is 12.7. The number of hydrogen-bond donors (Lipinski definition) is 2. The number of nitrogens with zero attached hydrogens (tertiary/aromatic N) is 1. The first-order valence-electron chi connectivity index (χ1n) is 8.19. The Bertz CT molecular complexity index is 567. The lowest BCUT2D eigenvalue weighted by Crippen LogP contribution is -2.26. The number of unbranched alkanes of at least 4 members (excludes halogenated alkanes) is 1. The molecule has 1 rings (SSSR count). The van der Waals surface area contributed by atoms with E-state index >= 15 is 0 Å². The van der Waals surface area contributed by atoms with Gasteiger partial charge < -0.3 is 11.1 Å². The number of nitrogens with two attached hydrogens (primary N) is 1. The van der Waals surface area contributed by atoms with Gasteiger partial charge in [-0.2, -0.15) is 0 Å². The van der Waals surface area contributed by atoms with Gasteiger partial charge in [-0.25, -0.2) is 0 Å². The molecule has 0 aliphatic rings. The van der Waals surface area contributed by atoms with Crippen LogP contribution in [0.3, 0.4) is 0 Å². The topological polar surface area (TPSA) is 84.6 Å². The van der Waals surface area contributed by atoms with E-state index in [2.05, 4.69) is 24.2 Å². The SMILES string of the molecule is CCCCN=C(CC(CC)c1ccccc1NC(C)=O)C(N)=O. The number of carbonyl (C=O) groups is 2. The molecule has 0 radical (unpaired) electrons. The summed E-state index contributed by atoms with van der Waals surface area (Å²) >= 11 is 0. The Balaban J connectivity index is 3.01. The third-order valence-electron chi connectivity index (χ3n) is 3.74. The summed E-state index contributed by atoms with van der Waals surface area (Å²) in [5, 5.41) is 2.85. The molecule has 3 N–H and O–H groups in total. The average Bonchev–Trinajstić information content (AvgIpc) is 2.51. The van der Waals surface area contributed by atoms with Crippen LogP contribution < -0.4 is 11.1 Å². The standard InChI is InChI=1S/C18H27N3O2/c1-4-6-11-20-17(18(19)23)12-14(5-2)15-9-7-8-10-16(15)21-13(3)22/h7-10,14H,4-6,11-12H2,1-3H3,(H2,19,23)(H,21,22). The Kier molecular flexibility index (Phi) is 8.02. The molecular formula is C18H27N3O2. The van der Waals surface area contributed by atoms with Crippen molar-refractivity contribution in [2.75, 3.05) is 11.9 Å². The first-order valence-corrected chi connectivity index (χ1v) is 8.19. The highest BCUT2D eigenvalue weighted by Gasteiger charge is 2.19. The number of primary amides is 1. The van der Waals surface area contributed by atoms with Gasteiger partial charge in [-0.15, -0.1) is 0 Å². The summed E-state index contributed by atoms with van der Waals surface area (Å²) in [6.07, 6.45) is 3.29. The summed E-state index contributed by atoms with van der Waals surface area (Å²) in [5.41, 5.74) is 7.70. The minimum Gasteiger partial charge on any atom is -0.365 e. The molecule has 5 nitrogen and oxygen atoms in total. The highest BCUT2D eigenvalue weighted by Crippen LogP contribution is 2.30. The number of para-hydroxylation sites is 1. The molecule has 5 heteroatoms. The molecule has 1 aromatic carbocycles. The summed E-state index contributed by atoms with van der Waals surface area (Å²) in [6, 6.07) is 7.66. The van der Waals surface area contributed by atoms with Crippen LogP contribution in [0.2, 0.25) is 0 Å². The van der Waals surface area contributed by atoms with Crippen molar-refractivity contribution in [3.63, 3.8) is 0 Å². The number of anilines is 1. The molecule has 0 aromatic heterocycles. The van der Waals surface area contributed by atoms with E-state index in [1.807, 2.05) is 24.3 Å². The van der Waals surface area contributed by atoms with Gasteiger partial charge in [-0.05, 0) is 30.4 Å². The Morgan fingerprint density at radius 2 is 1.96 bits per heavy atom. The quantitative estimate of drug-likeness (QED) is 0.541. The lowest BCUT2D eigenvalue weighted by atomic mass is 9.89. The molecular weight excluding hydrogens is 290 g/mol. The van der Waals surface area contributed by atoms with Crippen molar-refractivity contribution in [1.82, 2.24) is 0 Å². The Hall–Kier alpha value is -2.17. The van der Waals surface area contributed by atoms with Crippen molar-refractivity contribution < 1.29 is 9.59 Å². The number of hydrogen-bond acceptors (Lipinski definition) is 3. The summed E-state index contributed by atoms with van der Waals surface area (Å²) in [7, 11) is 0. The highest BCUT2D eigenvalue weighted by atomic mass is 16.1. The molecule has 0 saturated carbocycles. The summed E-state index contributed by atoms with van der Waals surface area (Å²) in [4.78, 5) is 27.4. The van der Waals surface area contributed by atoms with E-state index in [0.717, 1.165) is 30.5 Å². The second-order valence-corrected chi connectivity index (χ2v) is 5.62. The van der Waals surface area contributed by atoms with E-state index in [4.69, 9.17) is 5.73 Å². The molecule has 126 valence electrons. The first-order chi connectivity index (χ1) is 11.0. The van der Waals surface area contributed by atoms with E-state index in [1.54, 1.807) is 0 Å². The van der Waals surface area contributed by atoms with Gasteiger partial charge in [-0.1, -0.05) is 38.5 Å². The first kappa shape index (κ1) is 18.9. The number of carbonyl (C=O) groups excluding carboxylic acids is 2. The minimum absolute atomic E-state index is 0.0888. The molecule has 23 heavy (non-hydrogen) atoms. The van der Waals surface area contributed by atoms with Crippen LogP contribution in [0.25, 0.3) is 0 Å².